The summed E-state index contributed by atoms with van der Waals surface area (Å²) < 4.78 is 20.5. The molecule has 2 aliphatic carbocycles. The summed E-state index contributed by atoms with van der Waals surface area (Å²) in [4.78, 5) is 0. The normalized spacial score (nSPS) is 26.8. The summed E-state index contributed by atoms with van der Waals surface area (Å²) in [5, 5.41) is 1.66. The van der Waals surface area contributed by atoms with Crippen LogP contribution < -0.4 is 4.74 Å². The molecular formula is C28H37FO. The Morgan fingerprint density at radius 3 is 2.70 bits per heavy atom. The van der Waals surface area contributed by atoms with Gasteiger partial charge in [0.15, 0.2) is 0 Å². The number of unbranched alkanes of at least 4 members (excludes halogenated alkanes) is 1. The minimum Gasteiger partial charge on any atom is -0.489 e. The summed E-state index contributed by atoms with van der Waals surface area (Å²) >= 11 is 0. The fourth-order valence-electron chi connectivity index (χ4n) is 5.93. The van der Waals surface area contributed by atoms with Crippen LogP contribution >= 0.6 is 0 Å². The van der Waals surface area contributed by atoms with Gasteiger partial charge in [0.2, 0.25) is 0 Å². The second-order valence-corrected chi connectivity index (χ2v) is 9.62. The van der Waals surface area contributed by atoms with Crippen molar-refractivity contribution in [1.82, 2.24) is 0 Å². The number of ether oxygens (including phenoxy) is 1. The smallest absolute Gasteiger partial charge is 0.134 e. The third-order valence-electron chi connectivity index (χ3n) is 7.64. The third kappa shape index (κ3) is 4.90. The van der Waals surface area contributed by atoms with Crippen LogP contribution in [-0.4, -0.2) is 6.61 Å². The van der Waals surface area contributed by atoms with Gasteiger partial charge in [-0.2, -0.15) is 0 Å². The first-order valence-corrected chi connectivity index (χ1v) is 12.1. The molecule has 2 heteroatoms. The maximum atomic E-state index is 14.8. The molecule has 0 aromatic heterocycles. The second kappa shape index (κ2) is 9.98. The Hall–Kier alpha value is -1.83. The summed E-state index contributed by atoms with van der Waals surface area (Å²) in [5.41, 5.74) is 1.33. The van der Waals surface area contributed by atoms with Crippen molar-refractivity contribution in [2.24, 2.45) is 17.8 Å². The number of benzene rings is 2. The highest BCUT2D eigenvalue weighted by atomic mass is 19.1. The number of hydrogen-bond acceptors (Lipinski definition) is 1. The molecule has 2 saturated carbocycles. The lowest BCUT2D eigenvalue weighted by Gasteiger charge is -2.42. The van der Waals surface area contributed by atoms with E-state index in [1.165, 1.54) is 69.4 Å². The monoisotopic (exact) mass is 408 g/mol. The van der Waals surface area contributed by atoms with E-state index in [0.29, 0.717) is 18.3 Å². The Morgan fingerprint density at radius 1 is 1.03 bits per heavy atom. The topological polar surface area (TPSA) is 9.23 Å². The average Bonchev–Trinajstić information content (AvgIpc) is 2.77. The van der Waals surface area contributed by atoms with E-state index in [0.717, 1.165) is 28.5 Å². The van der Waals surface area contributed by atoms with Gasteiger partial charge in [-0.3, -0.25) is 0 Å². The molecule has 0 heterocycles. The van der Waals surface area contributed by atoms with E-state index in [9.17, 15) is 4.39 Å². The summed E-state index contributed by atoms with van der Waals surface area (Å²) in [6.07, 6.45) is 16.2. The second-order valence-electron chi connectivity index (χ2n) is 9.62. The SMILES string of the molecule is C/C=C/COc1cc(F)c2cc([C@@H]3CC[C@@H]4CC(CCCC)CCC4C3)ccc2c1. The van der Waals surface area contributed by atoms with Crippen molar-refractivity contribution in [1.29, 1.82) is 0 Å². The quantitative estimate of drug-likeness (QED) is 0.418. The molecule has 0 aliphatic heterocycles. The van der Waals surface area contributed by atoms with Gasteiger partial charge in [0.25, 0.3) is 0 Å². The molecule has 2 aromatic carbocycles. The van der Waals surface area contributed by atoms with E-state index in [1.54, 1.807) is 0 Å². The molecule has 0 saturated heterocycles. The summed E-state index contributed by atoms with van der Waals surface area (Å²) in [6.45, 7) is 4.74. The molecule has 1 nitrogen and oxygen atoms in total. The Labute approximate surface area is 181 Å². The number of hydrogen-bond donors (Lipinski definition) is 0. The third-order valence-corrected chi connectivity index (χ3v) is 7.64. The summed E-state index contributed by atoms with van der Waals surface area (Å²) in [6, 6.07) is 9.92. The van der Waals surface area contributed by atoms with Crippen molar-refractivity contribution in [2.75, 3.05) is 6.61 Å². The Balaban J connectivity index is 1.44. The van der Waals surface area contributed by atoms with Crippen molar-refractivity contribution in [3.05, 3.63) is 53.9 Å². The Morgan fingerprint density at radius 2 is 1.87 bits per heavy atom. The lowest BCUT2D eigenvalue weighted by molar-refractivity contribution is 0.113. The number of allylic oxidation sites excluding steroid dienone is 1. The molecule has 4 rings (SSSR count). The first-order valence-electron chi connectivity index (χ1n) is 12.1. The zero-order chi connectivity index (χ0) is 20.9. The molecule has 2 unspecified atom stereocenters. The average molecular weight is 409 g/mol. The fraction of sp³-hybridized carbons (Fsp3) is 0.571. The van der Waals surface area contributed by atoms with Crippen molar-refractivity contribution in [3.8, 4) is 5.75 Å². The molecule has 2 aliphatic rings. The molecule has 0 spiro atoms. The van der Waals surface area contributed by atoms with E-state index >= 15 is 0 Å². The van der Waals surface area contributed by atoms with Crippen LogP contribution in [0.5, 0.6) is 5.75 Å². The zero-order valence-corrected chi connectivity index (χ0v) is 18.7. The maximum Gasteiger partial charge on any atom is 0.134 e. The summed E-state index contributed by atoms with van der Waals surface area (Å²) in [5.74, 6) is 3.81. The van der Waals surface area contributed by atoms with Gasteiger partial charge in [0.1, 0.15) is 18.2 Å². The number of rotatable bonds is 7. The minimum atomic E-state index is -0.171. The van der Waals surface area contributed by atoms with Crippen molar-refractivity contribution in [3.63, 3.8) is 0 Å². The standard InChI is InChI=1S/C28H37FO/c1-3-5-7-20-8-9-22-16-23(11-10-21(22)15-20)24-12-13-25-17-26(30-14-6-4-2)19-28(29)27(25)18-24/h4,6,12-13,17-23H,3,5,7-11,14-16H2,1-2H3/b6-4+/t20?,21-,22?,23-/m1/s1. The highest BCUT2D eigenvalue weighted by Crippen LogP contribution is 2.48. The maximum absolute atomic E-state index is 14.8. The first-order chi connectivity index (χ1) is 14.7. The van der Waals surface area contributed by atoms with Gasteiger partial charge in [0.05, 0.1) is 0 Å². The number of fused-ring (bicyclic) bond motifs is 2. The van der Waals surface area contributed by atoms with Crippen molar-refractivity contribution in [2.45, 2.75) is 77.6 Å². The predicted molar refractivity (Wildman–Crippen MR) is 125 cm³/mol. The van der Waals surface area contributed by atoms with E-state index in [2.05, 4.69) is 25.1 Å². The van der Waals surface area contributed by atoms with Crippen molar-refractivity contribution < 1.29 is 9.13 Å². The van der Waals surface area contributed by atoms with Crippen LogP contribution in [0.25, 0.3) is 10.8 Å². The molecule has 4 atom stereocenters. The molecular weight excluding hydrogens is 371 g/mol. The van der Waals surface area contributed by atoms with Gasteiger partial charge in [-0.25, -0.2) is 4.39 Å². The van der Waals surface area contributed by atoms with Crippen LogP contribution in [0.15, 0.2) is 42.5 Å². The minimum absolute atomic E-state index is 0.171. The largest absolute Gasteiger partial charge is 0.489 e. The van der Waals surface area contributed by atoms with Crippen LogP contribution in [0, 0.1) is 23.6 Å². The van der Waals surface area contributed by atoms with Gasteiger partial charge >= 0.3 is 0 Å². The van der Waals surface area contributed by atoms with E-state index < -0.39 is 0 Å². The van der Waals surface area contributed by atoms with Crippen LogP contribution in [-0.2, 0) is 0 Å². The number of halogens is 1. The summed E-state index contributed by atoms with van der Waals surface area (Å²) in [7, 11) is 0. The first kappa shape index (κ1) is 21.4. The molecule has 2 fully saturated rings. The molecule has 0 amide bonds. The van der Waals surface area contributed by atoms with Crippen LogP contribution in [0.1, 0.15) is 83.1 Å². The van der Waals surface area contributed by atoms with Gasteiger partial charge in [-0.15, -0.1) is 0 Å². The van der Waals surface area contributed by atoms with Crippen LogP contribution in [0.4, 0.5) is 4.39 Å². The fourth-order valence-corrected chi connectivity index (χ4v) is 5.93. The van der Waals surface area contributed by atoms with Gasteiger partial charge in [-0.1, -0.05) is 56.9 Å². The molecule has 162 valence electrons. The zero-order valence-electron chi connectivity index (χ0n) is 18.7. The lowest BCUT2D eigenvalue weighted by atomic mass is 9.63. The van der Waals surface area contributed by atoms with Crippen LogP contribution in [0.3, 0.4) is 0 Å². The lowest BCUT2D eigenvalue weighted by Crippen LogP contribution is -2.30. The highest BCUT2D eigenvalue weighted by molar-refractivity contribution is 5.85. The molecule has 30 heavy (non-hydrogen) atoms. The van der Waals surface area contributed by atoms with E-state index in [4.69, 9.17) is 4.74 Å². The van der Waals surface area contributed by atoms with E-state index in [1.807, 2.05) is 25.1 Å². The highest BCUT2D eigenvalue weighted by Gasteiger charge is 2.35. The Bertz CT molecular complexity index is 870. The van der Waals surface area contributed by atoms with Gasteiger partial charge in [-0.05, 0) is 85.8 Å². The van der Waals surface area contributed by atoms with Gasteiger partial charge in [0, 0.05) is 11.5 Å². The Kier molecular flexibility index (Phi) is 7.12. The van der Waals surface area contributed by atoms with Crippen molar-refractivity contribution >= 4 is 10.8 Å². The molecule has 0 N–H and O–H groups in total. The molecule has 0 bridgehead atoms. The van der Waals surface area contributed by atoms with E-state index in [-0.39, 0.29) is 5.82 Å². The molecule has 2 aromatic rings. The van der Waals surface area contributed by atoms with Crippen LogP contribution in [0.2, 0.25) is 0 Å². The van der Waals surface area contributed by atoms with Gasteiger partial charge < -0.3 is 4.74 Å². The molecule has 0 radical (unpaired) electrons. The predicted octanol–water partition coefficient (Wildman–Crippen LogP) is 8.42.